The van der Waals surface area contributed by atoms with Crippen LogP contribution in [0, 0.1) is 0 Å². The molecule has 2 atom stereocenters. The third-order valence-electron chi connectivity index (χ3n) is 2.76. The second-order valence-electron chi connectivity index (χ2n) is 3.80. The van der Waals surface area contributed by atoms with Gasteiger partial charge in [0.25, 0.3) is 0 Å². The van der Waals surface area contributed by atoms with Crippen LogP contribution >= 0.6 is 11.6 Å². The number of hydrogen-bond acceptors (Lipinski definition) is 4. The zero-order valence-electron chi connectivity index (χ0n) is 10.1. The summed E-state index contributed by atoms with van der Waals surface area (Å²) >= 11 is 6.11. The second-order valence-corrected chi connectivity index (χ2v) is 4.21. The molecule has 4 nitrogen and oxygen atoms in total. The van der Waals surface area contributed by atoms with Gasteiger partial charge in [0.15, 0.2) is 0 Å². The van der Waals surface area contributed by atoms with E-state index in [1.165, 1.54) is 0 Å². The Bertz CT molecular complexity index is 360. The molecule has 17 heavy (non-hydrogen) atoms. The smallest absolute Gasteiger partial charge is 0.120 e. The maximum atomic E-state index is 10.2. The van der Waals surface area contributed by atoms with Crippen molar-refractivity contribution in [2.45, 2.75) is 18.6 Å². The van der Waals surface area contributed by atoms with Gasteiger partial charge >= 0.3 is 0 Å². The number of halogens is 1. The van der Waals surface area contributed by atoms with Crippen molar-refractivity contribution in [2.75, 3.05) is 20.7 Å². The van der Waals surface area contributed by atoms with Crippen LogP contribution in [-0.4, -0.2) is 31.9 Å². The average molecular weight is 259 g/mol. The Hall–Kier alpha value is -0.810. The molecule has 0 spiro atoms. The molecule has 0 saturated heterocycles. The number of rotatable bonds is 6. The highest BCUT2D eigenvalue weighted by atomic mass is 35.5. The molecule has 0 fully saturated rings. The standard InChI is InChI=1S/C12H19ClN2O2/c1-15-11(5-6-14)12(16)9-4-3-8(17-2)7-10(9)13/h3-4,7,11-12,15-16H,5-6,14H2,1-2H3. The molecule has 0 bridgehead atoms. The number of nitrogens with two attached hydrogens (primary N) is 1. The topological polar surface area (TPSA) is 67.5 Å². The number of benzene rings is 1. The van der Waals surface area contributed by atoms with Crippen LogP contribution in [0.1, 0.15) is 18.1 Å². The largest absolute Gasteiger partial charge is 0.497 e. The molecule has 0 aliphatic rings. The van der Waals surface area contributed by atoms with Gasteiger partial charge in [-0.05, 0) is 32.1 Å². The van der Waals surface area contributed by atoms with E-state index in [2.05, 4.69) is 5.32 Å². The second kappa shape index (κ2) is 6.81. The first kappa shape index (κ1) is 14.3. The number of methoxy groups -OCH3 is 1. The third kappa shape index (κ3) is 3.57. The fourth-order valence-corrected chi connectivity index (χ4v) is 2.01. The van der Waals surface area contributed by atoms with Crippen molar-refractivity contribution in [2.24, 2.45) is 5.73 Å². The minimum atomic E-state index is -0.679. The average Bonchev–Trinajstić information content (AvgIpc) is 2.35. The lowest BCUT2D eigenvalue weighted by Gasteiger charge is -2.23. The zero-order valence-corrected chi connectivity index (χ0v) is 10.9. The SMILES string of the molecule is CNC(CCN)C(O)c1ccc(OC)cc1Cl. The first-order valence-corrected chi connectivity index (χ1v) is 5.90. The van der Waals surface area contributed by atoms with Crippen molar-refractivity contribution in [3.05, 3.63) is 28.8 Å². The highest BCUT2D eigenvalue weighted by molar-refractivity contribution is 6.31. The summed E-state index contributed by atoms with van der Waals surface area (Å²) in [7, 11) is 3.37. The molecule has 0 saturated carbocycles. The van der Waals surface area contributed by atoms with E-state index >= 15 is 0 Å². The van der Waals surface area contributed by atoms with E-state index < -0.39 is 6.10 Å². The summed E-state index contributed by atoms with van der Waals surface area (Å²) in [4.78, 5) is 0. The van der Waals surface area contributed by atoms with Gasteiger partial charge in [0.1, 0.15) is 5.75 Å². The van der Waals surface area contributed by atoms with Crippen molar-refractivity contribution < 1.29 is 9.84 Å². The van der Waals surface area contributed by atoms with Crippen LogP contribution in [0.25, 0.3) is 0 Å². The van der Waals surface area contributed by atoms with E-state index in [1.54, 1.807) is 32.4 Å². The van der Waals surface area contributed by atoms with Gasteiger partial charge in [-0.25, -0.2) is 0 Å². The minimum Gasteiger partial charge on any atom is -0.497 e. The van der Waals surface area contributed by atoms with Crippen LogP contribution in [0.4, 0.5) is 0 Å². The first-order valence-electron chi connectivity index (χ1n) is 5.52. The molecule has 0 heterocycles. The third-order valence-corrected chi connectivity index (χ3v) is 3.08. The molecule has 4 N–H and O–H groups in total. The molecule has 5 heteroatoms. The lowest BCUT2D eigenvalue weighted by Crippen LogP contribution is -2.34. The van der Waals surface area contributed by atoms with Crippen molar-refractivity contribution in [3.63, 3.8) is 0 Å². The highest BCUT2D eigenvalue weighted by Gasteiger charge is 2.21. The quantitative estimate of drug-likeness (QED) is 0.720. The molecule has 1 rings (SSSR count). The van der Waals surface area contributed by atoms with E-state index in [0.717, 1.165) is 0 Å². The van der Waals surface area contributed by atoms with E-state index in [4.69, 9.17) is 22.1 Å². The first-order chi connectivity index (χ1) is 8.13. The molecule has 0 radical (unpaired) electrons. The minimum absolute atomic E-state index is 0.106. The normalized spacial score (nSPS) is 14.4. The Labute approximate surface area is 107 Å². The predicted octanol–water partition coefficient (Wildman–Crippen LogP) is 1.32. The molecule has 1 aromatic carbocycles. The maximum Gasteiger partial charge on any atom is 0.120 e. The fraction of sp³-hybridized carbons (Fsp3) is 0.500. The van der Waals surface area contributed by atoms with Crippen LogP contribution in [0.15, 0.2) is 18.2 Å². The lowest BCUT2D eigenvalue weighted by molar-refractivity contribution is 0.129. The zero-order chi connectivity index (χ0) is 12.8. The van der Waals surface area contributed by atoms with Gasteiger partial charge in [0.2, 0.25) is 0 Å². The molecule has 96 valence electrons. The van der Waals surface area contributed by atoms with Gasteiger partial charge in [0.05, 0.1) is 18.2 Å². The number of hydrogen-bond donors (Lipinski definition) is 3. The van der Waals surface area contributed by atoms with E-state index in [0.29, 0.717) is 29.3 Å². The summed E-state index contributed by atoms with van der Waals surface area (Å²) in [5, 5.41) is 13.7. The Morgan fingerprint density at radius 2 is 2.24 bits per heavy atom. The molecular formula is C12H19ClN2O2. The van der Waals surface area contributed by atoms with Crippen LogP contribution in [0.5, 0.6) is 5.75 Å². The van der Waals surface area contributed by atoms with Crippen molar-refractivity contribution in [1.82, 2.24) is 5.32 Å². The van der Waals surface area contributed by atoms with E-state index in [9.17, 15) is 5.11 Å². The van der Waals surface area contributed by atoms with Gasteiger partial charge in [-0.15, -0.1) is 0 Å². The number of nitrogens with one attached hydrogen (secondary N) is 1. The molecular weight excluding hydrogens is 240 g/mol. The maximum absolute atomic E-state index is 10.2. The van der Waals surface area contributed by atoms with Crippen LogP contribution in [0.3, 0.4) is 0 Å². The van der Waals surface area contributed by atoms with Crippen LogP contribution in [0.2, 0.25) is 5.02 Å². The Morgan fingerprint density at radius 1 is 1.53 bits per heavy atom. The number of ether oxygens (including phenoxy) is 1. The number of aliphatic hydroxyl groups is 1. The molecule has 0 aliphatic carbocycles. The molecule has 2 unspecified atom stereocenters. The van der Waals surface area contributed by atoms with Gasteiger partial charge in [0, 0.05) is 11.6 Å². The highest BCUT2D eigenvalue weighted by Crippen LogP contribution is 2.29. The Morgan fingerprint density at radius 3 is 2.71 bits per heavy atom. The summed E-state index contributed by atoms with van der Waals surface area (Å²) in [6, 6.07) is 5.13. The summed E-state index contributed by atoms with van der Waals surface area (Å²) < 4.78 is 5.06. The molecule has 0 aliphatic heterocycles. The van der Waals surface area contributed by atoms with Gasteiger partial charge in [-0.1, -0.05) is 17.7 Å². The van der Waals surface area contributed by atoms with Crippen molar-refractivity contribution >= 4 is 11.6 Å². The van der Waals surface area contributed by atoms with Crippen molar-refractivity contribution in [3.8, 4) is 5.75 Å². The Kier molecular flexibility index (Phi) is 5.71. The fourth-order valence-electron chi connectivity index (χ4n) is 1.73. The predicted molar refractivity (Wildman–Crippen MR) is 69.5 cm³/mol. The van der Waals surface area contributed by atoms with Gasteiger partial charge in [-0.3, -0.25) is 0 Å². The van der Waals surface area contributed by atoms with Crippen LogP contribution in [-0.2, 0) is 0 Å². The van der Waals surface area contributed by atoms with E-state index in [-0.39, 0.29) is 6.04 Å². The van der Waals surface area contributed by atoms with E-state index in [1.807, 2.05) is 0 Å². The van der Waals surface area contributed by atoms with Gasteiger partial charge in [-0.2, -0.15) is 0 Å². The number of likely N-dealkylation sites (N-methyl/N-ethyl adjacent to an activating group) is 1. The molecule has 0 amide bonds. The monoisotopic (exact) mass is 258 g/mol. The summed E-state index contributed by atoms with van der Waals surface area (Å²) in [6.45, 7) is 0.510. The lowest BCUT2D eigenvalue weighted by atomic mass is 9.99. The molecule has 0 aromatic heterocycles. The molecule has 1 aromatic rings. The van der Waals surface area contributed by atoms with Gasteiger partial charge < -0.3 is 20.9 Å². The summed E-state index contributed by atoms with van der Waals surface area (Å²) in [5.74, 6) is 0.672. The Balaban J connectivity index is 2.90. The summed E-state index contributed by atoms with van der Waals surface area (Å²) in [5.41, 5.74) is 6.18. The van der Waals surface area contributed by atoms with Crippen LogP contribution < -0.4 is 15.8 Å². The number of aliphatic hydroxyl groups excluding tert-OH is 1. The van der Waals surface area contributed by atoms with Crippen molar-refractivity contribution in [1.29, 1.82) is 0 Å². The summed E-state index contributed by atoms with van der Waals surface area (Å²) in [6.07, 6.45) is 0.00184.